The normalized spacial score (nSPS) is 35.3. The number of hydrogen-bond donors (Lipinski definition) is 1. The average molecular weight is 293 g/mol. The minimum absolute atomic E-state index is 0.571. The third-order valence-electron chi connectivity index (χ3n) is 6.46. The van der Waals surface area contributed by atoms with Gasteiger partial charge in [-0.3, -0.25) is 0 Å². The molecule has 0 aromatic rings. The topological polar surface area (TPSA) is 15.3 Å². The van der Waals surface area contributed by atoms with E-state index in [4.69, 9.17) is 0 Å². The van der Waals surface area contributed by atoms with Gasteiger partial charge in [-0.25, -0.2) is 0 Å². The molecule has 0 radical (unpaired) electrons. The molecule has 1 N–H and O–H groups in total. The van der Waals surface area contributed by atoms with Gasteiger partial charge in [-0.2, -0.15) is 0 Å². The SMILES string of the molecule is CC1CCC(CNC2CC2)(CN(C)C2CCCCC2)CC1. The van der Waals surface area contributed by atoms with Crippen LogP contribution < -0.4 is 5.32 Å². The molecule has 3 fully saturated rings. The molecule has 0 atom stereocenters. The first kappa shape index (κ1) is 15.8. The number of hydrogen-bond acceptors (Lipinski definition) is 2. The van der Waals surface area contributed by atoms with Crippen LogP contribution in [0.2, 0.25) is 0 Å². The molecule has 0 amide bonds. The first-order valence-electron chi connectivity index (χ1n) is 9.60. The average Bonchev–Trinajstić information content (AvgIpc) is 3.33. The van der Waals surface area contributed by atoms with Gasteiger partial charge in [0.05, 0.1) is 0 Å². The van der Waals surface area contributed by atoms with Crippen LogP contribution in [0.5, 0.6) is 0 Å². The smallest absolute Gasteiger partial charge is 0.00924 e. The molecular weight excluding hydrogens is 256 g/mol. The largest absolute Gasteiger partial charge is 0.313 e. The summed E-state index contributed by atoms with van der Waals surface area (Å²) < 4.78 is 0. The summed E-state index contributed by atoms with van der Waals surface area (Å²) in [6.07, 6.45) is 15.9. The second kappa shape index (κ2) is 7.00. The van der Waals surface area contributed by atoms with E-state index in [1.807, 2.05) is 0 Å². The van der Waals surface area contributed by atoms with Crippen LogP contribution in [0.25, 0.3) is 0 Å². The highest BCUT2D eigenvalue weighted by atomic mass is 15.1. The van der Waals surface area contributed by atoms with E-state index in [9.17, 15) is 0 Å². The Morgan fingerprint density at radius 3 is 2.24 bits per heavy atom. The van der Waals surface area contributed by atoms with Crippen LogP contribution in [0.4, 0.5) is 0 Å². The van der Waals surface area contributed by atoms with E-state index < -0.39 is 0 Å². The lowest BCUT2D eigenvalue weighted by atomic mass is 9.70. The highest BCUT2D eigenvalue weighted by Gasteiger charge is 2.37. The van der Waals surface area contributed by atoms with Crippen molar-refractivity contribution in [1.29, 1.82) is 0 Å². The van der Waals surface area contributed by atoms with Gasteiger partial charge in [0, 0.05) is 25.2 Å². The molecule has 0 heterocycles. The molecule has 0 aliphatic heterocycles. The highest BCUT2D eigenvalue weighted by Crippen LogP contribution is 2.40. The Labute approximate surface area is 132 Å². The van der Waals surface area contributed by atoms with Crippen molar-refractivity contribution >= 4 is 0 Å². The maximum atomic E-state index is 3.86. The van der Waals surface area contributed by atoms with E-state index in [0.717, 1.165) is 18.0 Å². The zero-order valence-corrected chi connectivity index (χ0v) is 14.4. The van der Waals surface area contributed by atoms with E-state index in [1.54, 1.807) is 0 Å². The summed E-state index contributed by atoms with van der Waals surface area (Å²) in [5, 5.41) is 3.86. The van der Waals surface area contributed by atoms with Crippen LogP contribution in [-0.2, 0) is 0 Å². The molecule has 0 unspecified atom stereocenters. The molecule has 0 aromatic carbocycles. The fraction of sp³-hybridized carbons (Fsp3) is 1.00. The van der Waals surface area contributed by atoms with E-state index in [0.29, 0.717) is 5.41 Å². The second-order valence-electron chi connectivity index (χ2n) is 8.54. The first-order valence-corrected chi connectivity index (χ1v) is 9.60. The monoisotopic (exact) mass is 292 g/mol. The third-order valence-corrected chi connectivity index (χ3v) is 6.46. The van der Waals surface area contributed by atoms with Gasteiger partial charge in [-0.05, 0) is 56.9 Å². The van der Waals surface area contributed by atoms with Crippen LogP contribution in [0.15, 0.2) is 0 Å². The predicted molar refractivity (Wildman–Crippen MR) is 90.6 cm³/mol. The number of nitrogens with zero attached hydrogens (tertiary/aromatic N) is 1. The molecule has 3 saturated carbocycles. The third kappa shape index (κ3) is 4.45. The Morgan fingerprint density at radius 2 is 1.62 bits per heavy atom. The summed E-state index contributed by atoms with van der Waals surface area (Å²) in [6, 6.07) is 1.73. The molecule has 0 aromatic heterocycles. The molecule has 3 aliphatic rings. The first-order chi connectivity index (χ1) is 10.2. The van der Waals surface area contributed by atoms with Crippen molar-refractivity contribution in [3.8, 4) is 0 Å². The maximum absolute atomic E-state index is 3.86. The van der Waals surface area contributed by atoms with Gasteiger partial charge in [-0.1, -0.05) is 39.0 Å². The van der Waals surface area contributed by atoms with Gasteiger partial charge in [0.15, 0.2) is 0 Å². The van der Waals surface area contributed by atoms with Gasteiger partial charge in [0.25, 0.3) is 0 Å². The summed E-state index contributed by atoms with van der Waals surface area (Å²) in [5.74, 6) is 0.957. The summed E-state index contributed by atoms with van der Waals surface area (Å²) >= 11 is 0. The quantitative estimate of drug-likeness (QED) is 0.789. The molecule has 0 bridgehead atoms. The molecule has 2 nitrogen and oxygen atoms in total. The fourth-order valence-electron chi connectivity index (χ4n) is 4.59. The zero-order chi connectivity index (χ0) is 14.7. The Balaban J connectivity index is 1.57. The van der Waals surface area contributed by atoms with Crippen LogP contribution in [0.3, 0.4) is 0 Å². The van der Waals surface area contributed by atoms with Gasteiger partial charge in [0.1, 0.15) is 0 Å². The summed E-state index contributed by atoms with van der Waals surface area (Å²) in [6.45, 7) is 5.06. The highest BCUT2D eigenvalue weighted by molar-refractivity contribution is 4.93. The molecule has 3 aliphatic carbocycles. The minimum Gasteiger partial charge on any atom is -0.313 e. The van der Waals surface area contributed by atoms with E-state index in [-0.39, 0.29) is 0 Å². The molecule has 122 valence electrons. The van der Waals surface area contributed by atoms with Crippen molar-refractivity contribution < 1.29 is 0 Å². The maximum Gasteiger partial charge on any atom is 0.00924 e. The summed E-state index contributed by atoms with van der Waals surface area (Å²) in [5.41, 5.74) is 0.571. The molecule has 0 spiro atoms. The minimum atomic E-state index is 0.571. The van der Waals surface area contributed by atoms with Crippen molar-refractivity contribution in [1.82, 2.24) is 10.2 Å². The van der Waals surface area contributed by atoms with Crippen LogP contribution in [-0.4, -0.2) is 37.1 Å². The van der Waals surface area contributed by atoms with Crippen LogP contribution >= 0.6 is 0 Å². The zero-order valence-electron chi connectivity index (χ0n) is 14.4. The number of nitrogens with one attached hydrogen (secondary N) is 1. The standard InChI is InChI=1S/C19H36N2/c1-16-10-12-19(13-11-16,14-20-17-8-9-17)15-21(2)18-6-4-3-5-7-18/h16-18,20H,3-15H2,1-2H3. The van der Waals surface area contributed by atoms with Crippen LogP contribution in [0.1, 0.15) is 77.6 Å². The molecule has 0 saturated heterocycles. The predicted octanol–water partition coefficient (Wildman–Crippen LogP) is 4.20. The van der Waals surface area contributed by atoms with E-state index in [1.165, 1.54) is 83.7 Å². The lowest BCUT2D eigenvalue weighted by Crippen LogP contribution is -2.48. The van der Waals surface area contributed by atoms with Gasteiger partial charge < -0.3 is 10.2 Å². The Kier molecular flexibility index (Phi) is 5.27. The fourth-order valence-corrected chi connectivity index (χ4v) is 4.59. The Morgan fingerprint density at radius 1 is 0.952 bits per heavy atom. The van der Waals surface area contributed by atoms with Crippen molar-refractivity contribution in [3.63, 3.8) is 0 Å². The summed E-state index contributed by atoms with van der Waals surface area (Å²) in [7, 11) is 2.41. The van der Waals surface area contributed by atoms with Gasteiger partial charge >= 0.3 is 0 Å². The molecular formula is C19H36N2. The Bertz CT molecular complexity index is 310. The van der Waals surface area contributed by atoms with E-state index >= 15 is 0 Å². The van der Waals surface area contributed by atoms with Crippen molar-refractivity contribution in [2.24, 2.45) is 11.3 Å². The van der Waals surface area contributed by atoms with Gasteiger partial charge in [-0.15, -0.1) is 0 Å². The Hall–Kier alpha value is -0.0800. The lowest BCUT2D eigenvalue weighted by molar-refractivity contribution is 0.0676. The van der Waals surface area contributed by atoms with Crippen molar-refractivity contribution in [2.45, 2.75) is 89.6 Å². The molecule has 21 heavy (non-hydrogen) atoms. The van der Waals surface area contributed by atoms with Crippen LogP contribution in [0, 0.1) is 11.3 Å². The molecule has 2 heteroatoms. The summed E-state index contributed by atoms with van der Waals surface area (Å²) in [4.78, 5) is 2.74. The lowest BCUT2D eigenvalue weighted by Gasteiger charge is -2.44. The molecule has 3 rings (SSSR count). The van der Waals surface area contributed by atoms with Crippen molar-refractivity contribution in [2.75, 3.05) is 20.1 Å². The van der Waals surface area contributed by atoms with Crippen molar-refractivity contribution in [3.05, 3.63) is 0 Å². The second-order valence-corrected chi connectivity index (χ2v) is 8.54. The van der Waals surface area contributed by atoms with E-state index in [2.05, 4.69) is 24.2 Å². The van der Waals surface area contributed by atoms with Gasteiger partial charge in [0.2, 0.25) is 0 Å². The number of rotatable bonds is 6.